The number of ether oxygens (including phenoxy) is 2. The summed E-state index contributed by atoms with van der Waals surface area (Å²) in [6, 6.07) is 4.72. The first kappa shape index (κ1) is 14.5. The van der Waals surface area contributed by atoms with Crippen molar-refractivity contribution in [3.05, 3.63) is 18.2 Å². The van der Waals surface area contributed by atoms with Crippen LogP contribution in [0.5, 0.6) is 11.5 Å². The van der Waals surface area contributed by atoms with Crippen LogP contribution in [0, 0.1) is 5.92 Å². The van der Waals surface area contributed by atoms with Crippen molar-refractivity contribution in [2.24, 2.45) is 5.92 Å². The molecule has 102 valence electrons. The maximum absolute atomic E-state index is 12.3. The average Bonchev–Trinajstić information content (AvgIpc) is 2.36. The van der Waals surface area contributed by atoms with E-state index >= 15 is 0 Å². The molecule has 0 radical (unpaired) electrons. The summed E-state index contributed by atoms with van der Waals surface area (Å²) in [5.74, 6) is 1.19. The summed E-state index contributed by atoms with van der Waals surface area (Å²) in [7, 11) is 1.53. The van der Waals surface area contributed by atoms with Gasteiger partial charge >= 0.3 is 6.61 Å². The molecule has 3 nitrogen and oxygen atoms in total. The van der Waals surface area contributed by atoms with Gasteiger partial charge in [-0.2, -0.15) is 8.78 Å². The van der Waals surface area contributed by atoms with Crippen molar-refractivity contribution < 1.29 is 18.3 Å². The first-order valence-corrected chi connectivity index (χ1v) is 5.93. The van der Waals surface area contributed by atoms with Gasteiger partial charge in [-0.15, -0.1) is 0 Å². The van der Waals surface area contributed by atoms with Crippen molar-refractivity contribution in [3.8, 4) is 11.5 Å². The normalized spacial score (nSPS) is 12.3. The van der Waals surface area contributed by atoms with E-state index in [2.05, 4.69) is 23.9 Å². The number of anilines is 1. The van der Waals surface area contributed by atoms with Crippen molar-refractivity contribution >= 4 is 5.69 Å². The number of nitrogens with one attached hydrogen (secondary N) is 1. The van der Waals surface area contributed by atoms with Crippen molar-refractivity contribution in [2.45, 2.75) is 26.9 Å². The lowest BCUT2D eigenvalue weighted by Gasteiger charge is -2.16. The number of benzene rings is 1. The zero-order valence-electron chi connectivity index (χ0n) is 10.9. The summed E-state index contributed by atoms with van der Waals surface area (Å²) in [5.41, 5.74) is 0.523. The van der Waals surface area contributed by atoms with Crippen LogP contribution in [0.15, 0.2) is 18.2 Å². The van der Waals surface area contributed by atoms with E-state index in [1.807, 2.05) is 0 Å². The molecule has 0 aliphatic rings. The summed E-state index contributed by atoms with van der Waals surface area (Å²) in [6.07, 6.45) is 1.02. The van der Waals surface area contributed by atoms with Crippen LogP contribution in [0.1, 0.15) is 20.3 Å². The van der Waals surface area contributed by atoms with Crippen LogP contribution in [0.4, 0.5) is 14.5 Å². The van der Waals surface area contributed by atoms with Crippen LogP contribution in [0.25, 0.3) is 0 Å². The van der Waals surface area contributed by atoms with Gasteiger partial charge < -0.3 is 14.8 Å². The molecule has 18 heavy (non-hydrogen) atoms. The van der Waals surface area contributed by atoms with E-state index in [-0.39, 0.29) is 5.75 Å². The first-order chi connectivity index (χ1) is 8.56. The minimum atomic E-state index is -2.83. The number of hydrogen-bond acceptors (Lipinski definition) is 3. The second kappa shape index (κ2) is 7.03. The van der Waals surface area contributed by atoms with Crippen LogP contribution in [0.3, 0.4) is 0 Å². The van der Waals surface area contributed by atoms with Gasteiger partial charge in [0, 0.05) is 12.6 Å². The van der Waals surface area contributed by atoms with Gasteiger partial charge in [-0.05, 0) is 18.1 Å². The van der Waals surface area contributed by atoms with Crippen LogP contribution in [0.2, 0.25) is 0 Å². The highest BCUT2D eigenvalue weighted by Gasteiger charge is 2.11. The molecule has 0 heterocycles. The molecule has 1 unspecified atom stereocenters. The van der Waals surface area contributed by atoms with Gasteiger partial charge in [0.05, 0.1) is 12.8 Å². The molecular weight excluding hydrogens is 240 g/mol. The highest BCUT2D eigenvalue weighted by atomic mass is 19.3. The maximum atomic E-state index is 12.3. The van der Waals surface area contributed by atoms with Crippen molar-refractivity contribution in [3.63, 3.8) is 0 Å². The molecule has 0 saturated heterocycles. The van der Waals surface area contributed by atoms with Gasteiger partial charge in [-0.25, -0.2) is 0 Å². The fourth-order valence-electron chi connectivity index (χ4n) is 1.40. The fourth-order valence-corrected chi connectivity index (χ4v) is 1.40. The van der Waals surface area contributed by atoms with Gasteiger partial charge in [-0.1, -0.05) is 20.3 Å². The Labute approximate surface area is 106 Å². The fraction of sp³-hybridized carbons (Fsp3) is 0.538. The molecule has 1 atom stereocenters. The van der Waals surface area contributed by atoms with E-state index in [1.54, 1.807) is 12.1 Å². The molecule has 0 spiro atoms. The Morgan fingerprint density at radius 2 is 2.06 bits per heavy atom. The molecule has 5 heteroatoms. The monoisotopic (exact) mass is 259 g/mol. The van der Waals surface area contributed by atoms with Crippen molar-refractivity contribution in [1.29, 1.82) is 0 Å². The lowest BCUT2D eigenvalue weighted by molar-refractivity contribution is -0.0494. The van der Waals surface area contributed by atoms with E-state index in [0.29, 0.717) is 23.9 Å². The standard InChI is InChI=1S/C13H19F2NO2/c1-4-9(2)8-16-11-7-10(17-3)5-6-12(11)18-13(14)15/h5-7,9,13,16H,4,8H2,1-3H3. The zero-order valence-corrected chi connectivity index (χ0v) is 10.9. The lowest BCUT2D eigenvalue weighted by atomic mass is 10.1. The Bertz CT molecular complexity index is 372. The first-order valence-electron chi connectivity index (χ1n) is 5.93. The lowest BCUT2D eigenvalue weighted by Crippen LogP contribution is -2.12. The quantitative estimate of drug-likeness (QED) is 0.808. The minimum absolute atomic E-state index is 0.133. The van der Waals surface area contributed by atoms with Gasteiger partial charge in [0.1, 0.15) is 11.5 Å². The second-order valence-corrected chi connectivity index (χ2v) is 4.13. The number of alkyl halides is 2. The average molecular weight is 259 g/mol. The number of hydrogen-bond donors (Lipinski definition) is 1. The van der Waals surface area contributed by atoms with E-state index in [0.717, 1.165) is 6.42 Å². The molecule has 1 aromatic rings. The number of halogens is 2. The highest BCUT2D eigenvalue weighted by molar-refractivity contribution is 5.59. The Morgan fingerprint density at radius 1 is 1.33 bits per heavy atom. The van der Waals surface area contributed by atoms with E-state index < -0.39 is 6.61 Å². The van der Waals surface area contributed by atoms with Crippen LogP contribution in [-0.4, -0.2) is 20.3 Å². The number of methoxy groups -OCH3 is 1. The molecule has 0 bridgehead atoms. The molecule has 0 aliphatic carbocycles. The van der Waals surface area contributed by atoms with Gasteiger partial charge in [-0.3, -0.25) is 0 Å². The summed E-state index contributed by atoms with van der Waals surface area (Å²) in [6.45, 7) is 2.03. The van der Waals surface area contributed by atoms with Gasteiger partial charge in [0.2, 0.25) is 0 Å². The third-order valence-electron chi connectivity index (χ3n) is 2.74. The molecule has 1 rings (SSSR count). The zero-order chi connectivity index (χ0) is 13.5. The minimum Gasteiger partial charge on any atom is -0.497 e. The van der Waals surface area contributed by atoms with E-state index in [9.17, 15) is 8.78 Å². The van der Waals surface area contributed by atoms with Crippen molar-refractivity contribution in [1.82, 2.24) is 0 Å². The Morgan fingerprint density at radius 3 is 2.61 bits per heavy atom. The molecule has 0 amide bonds. The van der Waals surface area contributed by atoms with E-state index in [4.69, 9.17) is 4.74 Å². The second-order valence-electron chi connectivity index (χ2n) is 4.13. The van der Waals surface area contributed by atoms with Gasteiger partial charge in [0.25, 0.3) is 0 Å². The molecular formula is C13H19F2NO2. The molecule has 0 saturated carbocycles. The number of rotatable bonds is 7. The maximum Gasteiger partial charge on any atom is 0.387 e. The largest absolute Gasteiger partial charge is 0.497 e. The van der Waals surface area contributed by atoms with Gasteiger partial charge in [0.15, 0.2) is 0 Å². The molecule has 0 aromatic heterocycles. The predicted octanol–water partition coefficient (Wildman–Crippen LogP) is 3.75. The smallest absolute Gasteiger partial charge is 0.387 e. The third kappa shape index (κ3) is 4.39. The Hall–Kier alpha value is -1.52. The topological polar surface area (TPSA) is 30.5 Å². The Kier molecular flexibility index (Phi) is 5.68. The summed E-state index contributed by atoms with van der Waals surface area (Å²) >= 11 is 0. The molecule has 1 aromatic carbocycles. The van der Waals surface area contributed by atoms with E-state index in [1.165, 1.54) is 13.2 Å². The van der Waals surface area contributed by atoms with Crippen LogP contribution < -0.4 is 14.8 Å². The molecule has 1 N–H and O–H groups in total. The summed E-state index contributed by atoms with van der Waals surface area (Å²) < 4.78 is 34.1. The Balaban J connectivity index is 2.82. The summed E-state index contributed by atoms with van der Waals surface area (Å²) in [4.78, 5) is 0. The van der Waals surface area contributed by atoms with Crippen LogP contribution >= 0.6 is 0 Å². The van der Waals surface area contributed by atoms with Crippen molar-refractivity contribution in [2.75, 3.05) is 19.0 Å². The molecule has 0 fully saturated rings. The van der Waals surface area contributed by atoms with Crippen LogP contribution in [-0.2, 0) is 0 Å². The molecule has 0 aliphatic heterocycles. The predicted molar refractivity (Wildman–Crippen MR) is 67.6 cm³/mol. The third-order valence-corrected chi connectivity index (χ3v) is 2.74. The SMILES string of the molecule is CCC(C)CNc1cc(OC)ccc1OC(F)F. The summed E-state index contributed by atoms with van der Waals surface area (Å²) in [5, 5.41) is 3.11. The highest BCUT2D eigenvalue weighted by Crippen LogP contribution is 2.30.